The van der Waals surface area contributed by atoms with Crippen molar-refractivity contribution in [1.82, 2.24) is 10.3 Å². The molecular weight excluding hydrogens is 464 g/mol. The van der Waals surface area contributed by atoms with Crippen molar-refractivity contribution in [3.63, 3.8) is 0 Å². The maximum absolute atomic E-state index is 6.43. The van der Waals surface area contributed by atoms with Crippen molar-refractivity contribution in [3.05, 3.63) is 101 Å². The molecule has 0 spiro atoms. The van der Waals surface area contributed by atoms with Crippen LogP contribution in [0.25, 0.3) is 11.3 Å². The monoisotopic (exact) mass is 488 g/mol. The fourth-order valence-corrected chi connectivity index (χ4v) is 4.77. The maximum Gasteiger partial charge on any atom is 0.174 e. The summed E-state index contributed by atoms with van der Waals surface area (Å²) in [6.07, 6.45) is 1.80. The van der Waals surface area contributed by atoms with E-state index in [0.717, 1.165) is 39.7 Å². The van der Waals surface area contributed by atoms with Gasteiger partial charge >= 0.3 is 0 Å². The van der Waals surface area contributed by atoms with Gasteiger partial charge in [-0.15, -0.1) is 0 Å². The second kappa shape index (κ2) is 9.12. The van der Waals surface area contributed by atoms with Gasteiger partial charge in [0, 0.05) is 42.3 Å². The Balaban J connectivity index is 1.57. The number of nitrogens with one attached hydrogen (secondary N) is 1. The standard InChI is InChI=1S/C27H25ClN4OS/c1-17-7-8-18(16-21(17)28)23-13-14-24(33-23)26-25(22-6-4-5-15-29-22)30-27(34)32(26)20-11-9-19(10-12-20)31(2)3/h4-16,25-26H,1-3H3,(H,30,34). The lowest BCUT2D eigenvalue weighted by Gasteiger charge is -2.26. The third kappa shape index (κ3) is 4.15. The summed E-state index contributed by atoms with van der Waals surface area (Å²) in [7, 11) is 4.05. The molecule has 0 radical (unpaired) electrons. The number of hydrogen-bond acceptors (Lipinski definition) is 4. The van der Waals surface area contributed by atoms with Gasteiger partial charge in [-0.2, -0.15) is 0 Å². The third-order valence-electron chi connectivity index (χ3n) is 6.12. The number of furan rings is 1. The Kier molecular flexibility index (Phi) is 6.02. The Morgan fingerprint density at radius 3 is 2.50 bits per heavy atom. The number of rotatable bonds is 5. The molecule has 2 aromatic carbocycles. The molecule has 0 amide bonds. The minimum Gasteiger partial charge on any atom is -0.459 e. The summed E-state index contributed by atoms with van der Waals surface area (Å²) >= 11 is 12.2. The lowest BCUT2D eigenvalue weighted by Crippen LogP contribution is -2.29. The molecule has 0 aliphatic carbocycles. The number of nitrogens with zero attached hydrogens (tertiary/aromatic N) is 3. The van der Waals surface area contributed by atoms with Gasteiger partial charge in [0.15, 0.2) is 5.11 Å². The number of thiocarbonyl (C=S) groups is 1. The summed E-state index contributed by atoms with van der Waals surface area (Å²) in [4.78, 5) is 8.79. The summed E-state index contributed by atoms with van der Waals surface area (Å²) in [6.45, 7) is 1.99. The first-order valence-corrected chi connectivity index (χ1v) is 11.9. The highest BCUT2D eigenvalue weighted by molar-refractivity contribution is 7.80. The zero-order valence-electron chi connectivity index (χ0n) is 19.2. The van der Waals surface area contributed by atoms with E-state index in [-0.39, 0.29) is 12.1 Å². The van der Waals surface area contributed by atoms with E-state index < -0.39 is 0 Å². The van der Waals surface area contributed by atoms with E-state index in [4.69, 9.17) is 28.2 Å². The van der Waals surface area contributed by atoms with Crippen LogP contribution in [0.1, 0.15) is 29.1 Å². The van der Waals surface area contributed by atoms with Crippen molar-refractivity contribution in [3.8, 4) is 11.3 Å². The molecule has 5 rings (SSSR count). The predicted molar refractivity (Wildman–Crippen MR) is 143 cm³/mol. The van der Waals surface area contributed by atoms with E-state index in [1.807, 2.05) is 69.6 Å². The molecule has 1 saturated heterocycles. The van der Waals surface area contributed by atoms with Crippen LogP contribution < -0.4 is 15.1 Å². The van der Waals surface area contributed by atoms with Crippen LogP contribution in [0.4, 0.5) is 11.4 Å². The Morgan fingerprint density at radius 2 is 1.82 bits per heavy atom. The van der Waals surface area contributed by atoms with Crippen molar-refractivity contribution in [2.75, 3.05) is 23.9 Å². The second-order valence-electron chi connectivity index (χ2n) is 8.57. The second-order valence-corrected chi connectivity index (χ2v) is 9.37. The third-order valence-corrected chi connectivity index (χ3v) is 6.84. The molecule has 2 atom stereocenters. The molecule has 5 nitrogen and oxygen atoms in total. The van der Waals surface area contributed by atoms with E-state index in [0.29, 0.717) is 10.1 Å². The highest BCUT2D eigenvalue weighted by Crippen LogP contribution is 2.43. The Hall–Kier alpha value is -3.35. The minimum atomic E-state index is -0.206. The molecule has 1 aliphatic rings. The van der Waals surface area contributed by atoms with Crippen LogP contribution in [0.2, 0.25) is 5.02 Å². The molecule has 1 N–H and O–H groups in total. The number of hydrogen-bond donors (Lipinski definition) is 1. The molecule has 0 bridgehead atoms. The molecule has 3 heterocycles. The quantitative estimate of drug-likeness (QED) is 0.321. The zero-order valence-corrected chi connectivity index (χ0v) is 20.8. The smallest absolute Gasteiger partial charge is 0.174 e. The number of benzene rings is 2. The molecule has 7 heteroatoms. The Bertz CT molecular complexity index is 1320. The van der Waals surface area contributed by atoms with Crippen molar-refractivity contribution < 1.29 is 4.42 Å². The Labute approximate surface area is 210 Å². The van der Waals surface area contributed by atoms with Gasteiger partial charge in [0.25, 0.3) is 0 Å². The highest BCUT2D eigenvalue weighted by atomic mass is 35.5. The summed E-state index contributed by atoms with van der Waals surface area (Å²) in [5, 5.41) is 4.82. The van der Waals surface area contributed by atoms with Crippen molar-refractivity contribution in [2.24, 2.45) is 0 Å². The SMILES string of the molecule is Cc1ccc(-c2ccc(C3C(c4ccccn4)NC(=S)N3c3ccc(N(C)C)cc3)o2)cc1Cl. The maximum atomic E-state index is 6.43. The number of aromatic nitrogens is 1. The van der Waals surface area contributed by atoms with Crippen LogP contribution in [-0.2, 0) is 0 Å². The van der Waals surface area contributed by atoms with Crippen LogP contribution in [0.5, 0.6) is 0 Å². The molecule has 0 saturated carbocycles. The summed E-state index contributed by atoms with van der Waals surface area (Å²) in [5.41, 5.74) is 4.98. The van der Waals surface area contributed by atoms with Crippen LogP contribution in [0.15, 0.2) is 83.4 Å². The van der Waals surface area contributed by atoms with E-state index in [9.17, 15) is 0 Å². The summed E-state index contributed by atoms with van der Waals surface area (Å²) in [5.74, 6) is 1.56. The molecule has 1 aliphatic heterocycles. The predicted octanol–water partition coefficient (Wildman–Crippen LogP) is 6.55. The van der Waals surface area contributed by atoms with Gasteiger partial charge in [-0.3, -0.25) is 4.98 Å². The zero-order chi connectivity index (χ0) is 23.8. The topological polar surface area (TPSA) is 44.5 Å². The summed E-state index contributed by atoms with van der Waals surface area (Å²) < 4.78 is 6.43. The average molecular weight is 489 g/mol. The van der Waals surface area contributed by atoms with Crippen molar-refractivity contribution in [2.45, 2.75) is 19.0 Å². The van der Waals surface area contributed by atoms with Gasteiger partial charge in [0.2, 0.25) is 0 Å². The molecule has 4 aromatic rings. The fraction of sp³-hybridized carbons (Fsp3) is 0.185. The first-order valence-electron chi connectivity index (χ1n) is 11.1. The largest absolute Gasteiger partial charge is 0.459 e. The average Bonchev–Trinajstić information content (AvgIpc) is 3.46. The van der Waals surface area contributed by atoms with Crippen LogP contribution in [0, 0.1) is 6.92 Å². The van der Waals surface area contributed by atoms with E-state index in [1.165, 1.54) is 0 Å². The molecule has 34 heavy (non-hydrogen) atoms. The fourth-order valence-electron chi connectivity index (χ4n) is 4.25. The molecule has 1 fully saturated rings. The Morgan fingerprint density at radius 1 is 1.03 bits per heavy atom. The molecule has 2 unspecified atom stereocenters. The van der Waals surface area contributed by atoms with Crippen LogP contribution in [-0.4, -0.2) is 24.2 Å². The van der Waals surface area contributed by atoms with Gasteiger partial charge in [-0.25, -0.2) is 0 Å². The minimum absolute atomic E-state index is 0.164. The molecule has 172 valence electrons. The van der Waals surface area contributed by atoms with Gasteiger partial charge in [-0.1, -0.05) is 29.8 Å². The normalized spacial score (nSPS) is 17.6. The number of aryl methyl sites for hydroxylation is 1. The lowest BCUT2D eigenvalue weighted by molar-refractivity contribution is 0.439. The van der Waals surface area contributed by atoms with Gasteiger partial charge < -0.3 is 19.5 Å². The number of anilines is 2. The van der Waals surface area contributed by atoms with E-state index in [2.05, 4.69) is 44.4 Å². The van der Waals surface area contributed by atoms with Crippen LogP contribution >= 0.6 is 23.8 Å². The van der Waals surface area contributed by atoms with Crippen LogP contribution in [0.3, 0.4) is 0 Å². The molecule has 2 aromatic heterocycles. The van der Waals surface area contributed by atoms with Crippen molar-refractivity contribution >= 4 is 40.3 Å². The number of pyridine rings is 1. The first-order chi connectivity index (χ1) is 16.4. The first kappa shape index (κ1) is 22.4. The summed E-state index contributed by atoms with van der Waals surface area (Å²) in [6, 6.07) is 23.8. The van der Waals surface area contributed by atoms with E-state index in [1.54, 1.807) is 6.20 Å². The lowest BCUT2D eigenvalue weighted by atomic mass is 10.0. The van der Waals surface area contributed by atoms with Gasteiger partial charge in [0.1, 0.15) is 17.6 Å². The van der Waals surface area contributed by atoms with Gasteiger partial charge in [-0.05, 0) is 79.3 Å². The van der Waals surface area contributed by atoms with E-state index >= 15 is 0 Å². The van der Waals surface area contributed by atoms with Gasteiger partial charge in [0.05, 0.1) is 11.7 Å². The molecular formula is C27H25ClN4OS. The highest BCUT2D eigenvalue weighted by Gasteiger charge is 2.42. The van der Waals surface area contributed by atoms with Crippen molar-refractivity contribution in [1.29, 1.82) is 0 Å². The number of halogens is 1.